The smallest absolute Gasteiger partial charge is 0.293 e. The number of carbonyl (C=O) groups excluding carboxylic acids is 1. The largest absolute Gasteiger partial charge is 0.346 e. The molecule has 0 saturated heterocycles. The third kappa shape index (κ3) is 2.84. The number of anilines is 2. The predicted molar refractivity (Wildman–Crippen MR) is 113 cm³/mol. The van der Waals surface area contributed by atoms with E-state index < -0.39 is 5.66 Å². The predicted octanol–water partition coefficient (Wildman–Crippen LogP) is 2.52. The van der Waals surface area contributed by atoms with Crippen molar-refractivity contribution in [3.63, 3.8) is 0 Å². The molecule has 9 nitrogen and oxygen atoms in total. The summed E-state index contributed by atoms with van der Waals surface area (Å²) < 4.78 is 1.38. The lowest BCUT2D eigenvalue weighted by Gasteiger charge is -2.45. The summed E-state index contributed by atoms with van der Waals surface area (Å²) in [7, 11) is 1.81. The van der Waals surface area contributed by atoms with E-state index in [4.69, 9.17) is 11.6 Å². The van der Waals surface area contributed by atoms with Crippen molar-refractivity contribution in [2.45, 2.75) is 31.3 Å². The molecule has 0 radical (unpaired) electrons. The van der Waals surface area contributed by atoms with Gasteiger partial charge in [0, 0.05) is 13.2 Å². The maximum Gasteiger partial charge on any atom is 0.293 e. The van der Waals surface area contributed by atoms with E-state index in [0.29, 0.717) is 11.5 Å². The van der Waals surface area contributed by atoms with E-state index in [1.54, 1.807) is 6.20 Å². The highest BCUT2D eigenvalue weighted by molar-refractivity contribution is 6.34. The number of amides is 1. The molecule has 1 amide bonds. The van der Waals surface area contributed by atoms with Crippen LogP contribution in [-0.2, 0) is 0 Å². The number of aromatic nitrogens is 4. The maximum atomic E-state index is 13.3. The number of hydrogen-bond donors (Lipinski definition) is 3. The van der Waals surface area contributed by atoms with Gasteiger partial charge in [-0.2, -0.15) is 0 Å². The van der Waals surface area contributed by atoms with Gasteiger partial charge < -0.3 is 15.6 Å². The van der Waals surface area contributed by atoms with Crippen molar-refractivity contribution in [1.29, 1.82) is 0 Å². The fraction of sp³-hybridized carbons (Fsp3) is 0.333. The fourth-order valence-electron chi connectivity index (χ4n) is 4.20. The zero-order chi connectivity index (χ0) is 19.5. The summed E-state index contributed by atoms with van der Waals surface area (Å²) in [6, 6.07) is 3.29. The Bertz CT molecular complexity index is 1170. The average molecular weight is 436 g/mol. The molecule has 4 heterocycles. The van der Waals surface area contributed by atoms with E-state index in [1.807, 2.05) is 18.1 Å². The summed E-state index contributed by atoms with van der Waals surface area (Å²) in [6.07, 6.45) is 6.71. The Morgan fingerprint density at radius 1 is 1.24 bits per heavy atom. The molecule has 152 valence electrons. The van der Waals surface area contributed by atoms with Gasteiger partial charge in [-0.15, -0.1) is 12.4 Å². The zero-order valence-corrected chi connectivity index (χ0v) is 17.1. The van der Waals surface area contributed by atoms with Gasteiger partial charge in [0.2, 0.25) is 0 Å². The molecule has 1 saturated carbocycles. The second-order valence-electron chi connectivity index (χ2n) is 7.18. The quantitative estimate of drug-likeness (QED) is 0.570. The van der Waals surface area contributed by atoms with Crippen molar-refractivity contribution < 1.29 is 4.79 Å². The van der Waals surface area contributed by atoms with Gasteiger partial charge in [-0.25, -0.2) is 14.6 Å². The molecule has 1 aliphatic heterocycles. The minimum Gasteiger partial charge on any atom is -0.346 e. The molecular weight excluding hydrogens is 417 g/mol. The molecule has 2 aliphatic rings. The van der Waals surface area contributed by atoms with Gasteiger partial charge in [-0.1, -0.05) is 11.6 Å². The lowest BCUT2D eigenvalue weighted by atomic mass is 10.1. The van der Waals surface area contributed by atoms with Crippen LogP contribution in [0.15, 0.2) is 29.5 Å². The van der Waals surface area contributed by atoms with E-state index in [-0.39, 0.29) is 40.3 Å². The Balaban J connectivity index is 0.00000205. The average Bonchev–Trinajstić information content (AvgIpc) is 3.33. The van der Waals surface area contributed by atoms with Crippen LogP contribution in [0.25, 0.3) is 11.0 Å². The van der Waals surface area contributed by atoms with Crippen LogP contribution in [0, 0.1) is 0 Å². The number of fused-ring (bicyclic) bond motifs is 2. The SMILES string of the molecule is CN1n2c(c(Cl)cc(Nc3ncnc4[nH]ccc34)c2=O)C(=O)NC12CCCC2.Cl. The highest BCUT2D eigenvalue weighted by atomic mass is 35.5. The minimum absolute atomic E-state index is 0. The van der Waals surface area contributed by atoms with Gasteiger partial charge >= 0.3 is 0 Å². The second-order valence-corrected chi connectivity index (χ2v) is 7.58. The molecule has 0 bridgehead atoms. The third-order valence-corrected chi connectivity index (χ3v) is 5.94. The standard InChI is InChI=1S/C18H18ClN7O2.ClH/c1-25-18(5-2-3-6-18)24-16(27)13-11(19)8-12(17(28)26(13)25)23-15-10-4-7-20-14(10)21-9-22-15;/h4,7-9H,2-3,5-6H2,1H3,(H,24,27)(H2,20,21,22,23);1H. The summed E-state index contributed by atoms with van der Waals surface area (Å²) in [4.78, 5) is 37.4. The number of rotatable bonds is 2. The van der Waals surface area contributed by atoms with Crippen LogP contribution in [0.3, 0.4) is 0 Å². The summed E-state index contributed by atoms with van der Waals surface area (Å²) in [5.41, 5.74) is 0.128. The van der Waals surface area contributed by atoms with Gasteiger partial charge in [0.15, 0.2) is 0 Å². The minimum atomic E-state index is -0.557. The monoisotopic (exact) mass is 435 g/mol. The van der Waals surface area contributed by atoms with Crippen LogP contribution < -0.4 is 21.2 Å². The number of H-pyrrole nitrogens is 1. The first-order valence-electron chi connectivity index (χ1n) is 9.07. The van der Waals surface area contributed by atoms with E-state index in [9.17, 15) is 9.59 Å². The van der Waals surface area contributed by atoms with E-state index in [1.165, 1.54) is 17.1 Å². The molecule has 1 aliphatic carbocycles. The fourth-order valence-corrected chi connectivity index (χ4v) is 4.48. The highest BCUT2D eigenvalue weighted by Crippen LogP contribution is 2.35. The Labute approximate surface area is 176 Å². The molecule has 0 aromatic carbocycles. The maximum absolute atomic E-state index is 13.3. The lowest BCUT2D eigenvalue weighted by molar-refractivity contribution is 0.0830. The Hall–Kier alpha value is -2.78. The molecule has 1 fully saturated rings. The number of nitrogens with zero attached hydrogens (tertiary/aromatic N) is 4. The molecule has 29 heavy (non-hydrogen) atoms. The summed E-state index contributed by atoms with van der Waals surface area (Å²) in [6.45, 7) is 0. The number of hydrogen-bond acceptors (Lipinski definition) is 6. The van der Waals surface area contributed by atoms with Crippen LogP contribution in [0.4, 0.5) is 11.5 Å². The van der Waals surface area contributed by atoms with Crippen LogP contribution in [0.5, 0.6) is 0 Å². The Kier molecular flexibility index (Phi) is 4.66. The molecule has 11 heteroatoms. The van der Waals surface area contributed by atoms with Crippen LogP contribution in [0.2, 0.25) is 5.02 Å². The van der Waals surface area contributed by atoms with E-state index in [0.717, 1.165) is 31.1 Å². The van der Waals surface area contributed by atoms with E-state index in [2.05, 4.69) is 25.6 Å². The van der Waals surface area contributed by atoms with Crippen molar-refractivity contribution in [3.8, 4) is 0 Å². The zero-order valence-electron chi connectivity index (χ0n) is 15.5. The van der Waals surface area contributed by atoms with Gasteiger partial charge in [0.05, 0.1) is 10.4 Å². The summed E-state index contributed by atoms with van der Waals surface area (Å²) in [5, 5.41) is 8.86. The molecule has 0 unspecified atom stereocenters. The first kappa shape index (κ1) is 19.5. The Morgan fingerprint density at radius 2 is 2.00 bits per heavy atom. The molecule has 3 aromatic rings. The first-order valence-corrected chi connectivity index (χ1v) is 9.45. The van der Waals surface area contributed by atoms with Crippen LogP contribution in [0.1, 0.15) is 36.2 Å². The van der Waals surface area contributed by atoms with Crippen LogP contribution >= 0.6 is 24.0 Å². The molecule has 1 spiro atoms. The van der Waals surface area contributed by atoms with Crippen molar-refractivity contribution in [2.75, 3.05) is 17.4 Å². The number of aromatic amines is 1. The van der Waals surface area contributed by atoms with Gasteiger partial charge in [-0.05, 0) is 37.8 Å². The summed E-state index contributed by atoms with van der Waals surface area (Å²) in [5.74, 6) is 0.155. The molecule has 0 atom stereocenters. The number of pyridine rings is 1. The number of nitrogens with one attached hydrogen (secondary N) is 3. The van der Waals surface area contributed by atoms with Crippen molar-refractivity contribution in [3.05, 3.63) is 45.7 Å². The molecule has 3 N–H and O–H groups in total. The van der Waals surface area contributed by atoms with Crippen LogP contribution in [-0.4, -0.2) is 38.2 Å². The Morgan fingerprint density at radius 3 is 2.76 bits per heavy atom. The van der Waals surface area contributed by atoms with Crippen molar-refractivity contribution in [1.82, 2.24) is 24.9 Å². The number of halogens is 2. The molecule has 5 rings (SSSR count). The second kappa shape index (κ2) is 6.93. The first-order chi connectivity index (χ1) is 13.5. The third-order valence-electron chi connectivity index (χ3n) is 5.65. The lowest BCUT2D eigenvalue weighted by Crippen LogP contribution is -2.68. The normalized spacial score (nSPS) is 17.2. The van der Waals surface area contributed by atoms with Crippen molar-refractivity contribution in [2.24, 2.45) is 0 Å². The highest BCUT2D eigenvalue weighted by Gasteiger charge is 2.45. The van der Waals surface area contributed by atoms with Gasteiger partial charge in [-0.3, -0.25) is 14.6 Å². The molecule has 3 aromatic heterocycles. The van der Waals surface area contributed by atoms with Gasteiger partial charge in [0.1, 0.15) is 34.8 Å². The molecular formula is C18H19Cl2N7O2. The summed E-state index contributed by atoms with van der Waals surface area (Å²) >= 11 is 6.41. The van der Waals surface area contributed by atoms with Crippen molar-refractivity contribution >= 4 is 52.5 Å². The van der Waals surface area contributed by atoms with E-state index >= 15 is 0 Å². The van der Waals surface area contributed by atoms with Gasteiger partial charge in [0.25, 0.3) is 11.5 Å². The topological polar surface area (TPSA) is 108 Å². The number of carbonyl (C=O) groups is 1.